The van der Waals surface area contributed by atoms with Crippen molar-refractivity contribution in [2.75, 3.05) is 13.2 Å². The van der Waals surface area contributed by atoms with E-state index in [-0.39, 0.29) is 31.1 Å². The van der Waals surface area contributed by atoms with Crippen molar-refractivity contribution in [2.45, 2.75) is 284 Å². The van der Waals surface area contributed by atoms with Gasteiger partial charge < -0.3 is 14.2 Å². The van der Waals surface area contributed by atoms with E-state index in [0.717, 1.165) is 135 Å². The Morgan fingerprint density at radius 1 is 0.280 bits per heavy atom. The first-order chi connectivity index (χ1) is 37.0. The molecule has 1 unspecified atom stereocenters. The number of allylic oxidation sites excluding steroid dienone is 20. The summed E-state index contributed by atoms with van der Waals surface area (Å²) in [5.74, 6) is -0.938. The predicted octanol–water partition coefficient (Wildman–Crippen LogP) is 21.2. The summed E-state index contributed by atoms with van der Waals surface area (Å²) < 4.78 is 16.9. The van der Waals surface area contributed by atoms with Crippen molar-refractivity contribution in [3.63, 3.8) is 0 Å². The lowest BCUT2D eigenvalue weighted by Crippen LogP contribution is -2.30. The van der Waals surface area contributed by atoms with E-state index in [4.69, 9.17) is 14.2 Å². The zero-order valence-corrected chi connectivity index (χ0v) is 48.8. The molecule has 0 aromatic heterocycles. The molecule has 6 nitrogen and oxygen atoms in total. The van der Waals surface area contributed by atoms with Crippen LogP contribution in [0.5, 0.6) is 0 Å². The molecule has 0 aromatic rings. The van der Waals surface area contributed by atoms with Crippen LogP contribution in [0, 0.1) is 0 Å². The second-order valence-electron chi connectivity index (χ2n) is 20.2. The van der Waals surface area contributed by atoms with Crippen molar-refractivity contribution in [2.24, 2.45) is 0 Å². The normalized spacial score (nSPS) is 12.9. The van der Waals surface area contributed by atoms with Gasteiger partial charge in [0.2, 0.25) is 0 Å². The Labute approximate surface area is 462 Å². The van der Waals surface area contributed by atoms with Gasteiger partial charge in [-0.15, -0.1) is 0 Å². The zero-order chi connectivity index (χ0) is 54.3. The van der Waals surface area contributed by atoms with Crippen molar-refractivity contribution in [1.29, 1.82) is 0 Å². The maximum Gasteiger partial charge on any atom is 0.306 e. The molecule has 0 fully saturated rings. The summed E-state index contributed by atoms with van der Waals surface area (Å²) >= 11 is 0. The molecule has 0 saturated heterocycles. The molecule has 0 saturated carbocycles. The van der Waals surface area contributed by atoms with Crippen LogP contribution in [0.3, 0.4) is 0 Å². The molecule has 0 amide bonds. The molecule has 6 heteroatoms. The van der Waals surface area contributed by atoms with Gasteiger partial charge in [0, 0.05) is 19.3 Å². The number of ether oxygens (including phenoxy) is 3. The van der Waals surface area contributed by atoms with E-state index in [2.05, 4.69) is 142 Å². The monoisotopic (exact) mass is 1040 g/mol. The molecule has 0 aliphatic heterocycles. The largest absolute Gasteiger partial charge is 0.462 e. The highest BCUT2D eigenvalue weighted by molar-refractivity contribution is 5.71. The third-order valence-electron chi connectivity index (χ3n) is 13.0. The van der Waals surface area contributed by atoms with E-state index in [1.54, 1.807) is 0 Å². The summed E-state index contributed by atoms with van der Waals surface area (Å²) in [5.41, 5.74) is 0. The molecule has 0 N–H and O–H groups in total. The van der Waals surface area contributed by atoms with Crippen LogP contribution in [0.4, 0.5) is 0 Å². The minimum atomic E-state index is -0.802. The number of carbonyl (C=O) groups excluding carboxylic acids is 3. The van der Waals surface area contributed by atoms with Crippen LogP contribution >= 0.6 is 0 Å². The summed E-state index contributed by atoms with van der Waals surface area (Å²) in [6, 6.07) is 0. The highest BCUT2D eigenvalue weighted by Crippen LogP contribution is 2.15. The van der Waals surface area contributed by atoms with Crippen LogP contribution in [-0.4, -0.2) is 37.2 Å². The van der Waals surface area contributed by atoms with Crippen LogP contribution in [0.15, 0.2) is 122 Å². The van der Waals surface area contributed by atoms with Crippen LogP contribution in [0.2, 0.25) is 0 Å². The number of hydrogen-bond donors (Lipinski definition) is 0. The average molecular weight is 1040 g/mol. The van der Waals surface area contributed by atoms with Gasteiger partial charge in [-0.3, -0.25) is 14.4 Å². The van der Waals surface area contributed by atoms with Crippen molar-refractivity contribution in [1.82, 2.24) is 0 Å². The summed E-state index contributed by atoms with van der Waals surface area (Å²) in [4.78, 5) is 38.3. The molecule has 0 radical (unpaired) electrons. The average Bonchev–Trinajstić information content (AvgIpc) is 3.41. The van der Waals surface area contributed by atoms with Gasteiger partial charge in [0.15, 0.2) is 6.10 Å². The minimum absolute atomic E-state index is 0.0948. The molecule has 0 bridgehead atoms. The molecular weight excluding hydrogens is 925 g/mol. The lowest BCUT2D eigenvalue weighted by molar-refractivity contribution is -0.167. The minimum Gasteiger partial charge on any atom is -0.462 e. The number of esters is 3. The van der Waals surface area contributed by atoms with E-state index in [1.807, 2.05) is 0 Å². The van der Waals surface area contributed by atoms with Crippen molar-refractivity contribution < 1.29 is 28.6 Å². The fraction of sp³-hybridized carbons (Fsp3) is 0.667. The van der Waals surface area contributed by atoms with E-state index < -0.39 is 6.10 Å². The second-order valence-corrected chi connectivity index (χ2v) is 20.2. The van der Waals surface area contributed by atoms with Crippen molar-refractivity contribution in [3.8, 4) is 0 Å². The standard InChI is InChI=1S/C69H114O6/c1-4-7-10-13-16-19-22-25-27-29-31-32-33-34-35-36-38-39-41-44-47-50-53-56-59-62-68(71)74-65-66(64-73-67(70)61-58-55-52-49-46-43-24-21-18-15-12-9-6-3)75-69(72)63-60-57-54-51-48-45-42-40-37-30-28-26-23-20-17-14-11-8-5-2/h7,10,16-17,19-20,25-28,31-32,34-35,37-40,44,47,66H,4-6,8-9,11-15,18,21-24,29-30,33,36,41-43,45-46,48-65H2,1-3H3/b10-7-,19-16-,20-17-,27-25-,28-26-,32-31-,35-34-,39-38-,40-37-,47-44-. The number of rotatable bonds is 55. The predicted molar refractivity (Wildman–Crippen MR) is 325 cm³/mol. The molecule has 0 rings (SSSR count). The first-order valence-electron chi connectivity index (χ1n) is 31.0. The van der Waals surface area contributed by atoms with Gasteiger partial charge in [-0.25, -0.2) is 0 Å². The molecule has 0 aliphatic rings. The number of unbranched alkanes of at least 4 members (excludes halogenated alkanes) is 24. The lowest BCUT2D eigenvalue weighted by atomic mass is 10.0. The first kappa shape index (κ1) is 70.8. The van der Waals surface area contributed by atoms with Gasteiger partial charge in [0.25, 0.3) is 0 Å². The molecule has 75 heavy (non-hydrogen) atoms. The molecule has 0 heterocycles. The van der Waals surface area contributed by atoms with Gasteiger partial charge in [-0.2, -0.15) is 0 Å². The Balaban J connectivity index is 4.45. The molecule has 1 atom stereocenters. The van der Waals surface area contributed by atoms with Crippen molar-refractivity contribution >= 4 is 17.9 Å². The number of hydrogen-bond acceptors (Lipinski definition) is 6. The maximum absolute atomic E-state index is 12.9. The van der Waals surface area contributed by atoms with Gasteiger partial charge in [0.1, 0.15) is 13.2 Å². The maximum atomic E-state index is 12.9. The van der Waals surface area contributed by atoms with Gasteiger partial charge in [-0.05, 0) is 116 Å². The summed E-state index contributed by atoms with van der Waals surface area (Å²) in [6.45, 7) is 6.47. The molecule has 426 valence electrons. The molecular formula is C69H114O6. The SMILES string of the molecule is CC/C=C\C/C=C\C/C=C\C/C=C\C/C=C\C/C=C\C/C=C\CCCCCC(=O)OCC(COC(=O)CCCCCCCCCCCCCCC)OC(=O)CCCCCCCC/C=C\C/C=C\C/C=C\CCCCC. The molecule has 0 aromatic carbocycles. The van der Waals surface area contributed by atoms with E-state index >= 15 is 0 Å². The molecule has 0 spiro atoms. The summed E-state index contributed by atoms with van der Waals surface area (Å²) in [6.07, 6.45) is 86.2. The fourth-order valence-corrected chi connectivity index (χ4v) is 8.31. The van der Waals surface area contributed by atoms with Gasteiger partial charge >= 0.3 is 17.9 Å². The zero-order valence-electron chi connectivity index (χ0n) is 48.8. The fourth-order valence-electron chi connectivity index (χ4n) is 8.31. The lowest BCUT2D eigenvalue weighted by Gasteiger charge is -2.18. The third-order valence-corrected chi connectivity index (χ3v) is 13.0. The highest BCUT2D eigenvalue weighted by atomic mass is 16.6. The Hall–Kier alpha value is -4.19. The van der Waals surface area contributed by atoms with Crippen molar-refractivity contribution in [3.05, 3.63) is 122 Å². The van der Waals surface area contributed by atoms with E-state index in [0.29, 0.717) is 19.3 Å². The second kappa shape index (κ2) is 62.4. The van der Waals surface area contributed by atoms with E-state index in [9.17, 15) is 14.4 Å². The summed E-state index contributed by atoms with van der Waals surface area (Å²) in [5, 5.41) is 0. The highest BCUT2D eigenvalue weighted by Gasteiger charge is 2.19. The Morgan fingerprint density at radius 2 is 0.520 bits per heavy atom. The van der Waals surface area contributed by atoms with Gasteiger partial charge in [0.05, 0.1) is 0 Å². The first-order valence-corrected chi connectivity index (χ1v) is 31.0. The Morgan fingerprint density at radius 3 is 0.853 bits per heavy atom. The summed E-state index contributed by atoms with van der Waals surface area (Å²) in [7, 11) is 0. The Bertz CT molecular complexity index is 1570. The quantitative estimate of drug-likeness (QED) is 0.0261. The van der Waals surface area contributed by atoms with Crippen LogP contribution in [-0.2, 0) is 28.6 Å². The third kappa shape index (κ3) is 60.6. The van der Waals surface area contributed by atoms with Gasteiger partial charge in [-0.1, -0.05) is 264 Å². The topological polar surface area (TPSA) is 78.9 Å². The van der Waals surface area contributed by atoms with Crippen LogP contribution in [0.1, 0.15) is 278 Å². The van der Waals surface area contributed by atoms with E-state index in [1.165, 1.54) is 103 Å². The van der Waals surface area contributed by atoms with Crippen LogP contribution < -0.4 is 0 Å². The Kier molecular flexibility index (Phi) is 58.9. The smallest absolute Gasteiger partial charge is 0.306 e. The number of carbonyl (C=O) groups is 3. The van der Waals surface area contributed by atoms with Crippen LogP contribution in [0.25, 0.3) is 0 Å². The molecule has 0 aliphatic carbocycles.